The van der Waals surface area contributed by atoms with Crippen LogP contribution in [-0.4, -0.2) is 24.4 Å². The Morgan fingerprint density at radius 1 is 1.18 bits per heavy atom. The van der Waals surface area contributed by atoms with Crippen molar-refractivity contribution < 1.29 is 9.18 Å². The van der Waals surface area contributed by atoms with E-state index < -0.39 is 0 Å². The molecule has 2 rings (SSSR count). The summed E-state index contributed by atoms with van der Waals surface area (Å²) >= 11 is 5.82. The lowest BCUT2D eigenvalue weighted by Crippen LogP contribution is -2.34. The second kappa shape index (κ2) is 7.27. The highest BCUT2D eigenvalue weighted by Gasteiger charge is 2.17. The first-order valence-electron chi connectivity index (χ1n) is 6.98. The number of halogens is 2. The number of amides is 1. The highest BCUT2D eigenvalue weighted by molar-refractivity contribution is 6.30. The minimum atomic E-state index is -0.283. The number of hydrogen-bond donors (Lipinski definition) is 1. The molecule has 0 saturated heterocycles. The first kappa shape index (κ1) is 16.3. The molecule has 0 aliphatic heterocycles. The van der Waals surface area contributed by atoms with E-state index in [0.29, 0.717) is 5.02 Å². The van der Waals surface area contributed by atoms with Crippen molar-refractivity contribution in [3.05, 3.63) is 64.9 Å². The molecule has 0 spiro atoms. The van der Waals surface area contributed by atoms with E-state index in [1.165, 1.54) is 12.1 Å². The number of carbonyl (C=O) groups is 1. The summed E-state index contributed by atoms with van der Waals surface area (Å²) in [4.78, 5) is 13.9. The molecule has 3 nitrogen and oxygen atoms in total. The molecule has 1 amide bonds. The summed E-state index contributed by atoms with van der Waals surface area (Å²) in [5, 5.41) is 3.71. The summed E-state index contributed by atoms with van der Waals surface area (Å²) in [6, 6.07) is 13.2. The maximum absolute atomic E-state index is 12.9. The van der Waals surface area contributed by atoms with Gasteiger partial charge in [-0.1, -0.05) is 23.7 Å². The topological polar surface area (TPSA) is 32.3 Å². The van der Waals surface area contributed by atoms with E-state index in [9.17, 15) is 9.18 Å². The summed E-state index contributed by atoms with van der Waals surface area (Å²) in [6.07, 6.45) is 0. The molecule has 0 aliphatic carbocycles. The number of benzene rings is 2. The van der Waals surface area contributed by atoms with Gasteiger partial charge < -0.3 is 10.2 Å². The maximum atomic E-state index is 12.9. The lowest BCUT2D eigenvalue weighted by atomic mass is 10.1. The molecular weight excluding hydrogens is 303 g/mol. The number of hydrogen-bond acceptors (Lipinski definition) is 2. The van der Waals surface area contributed by atoms with Crippen molar-refractivity contribution in [1.29, 1.82) is 0 Å². The standard InChI is InChI=1S/C17H18ClFN2O/c1-12(13-3-7-15(19)8-4-13)21(2)17(22)11-20-16-9-5-14(18)6-10-16/h3-10,12,20H,11H2,1-2H3. The normalized spacial score (nSPS) is 11.8. The molecule has 0 radical (unpaired) electrons. The van der Waals surface area contributed by atoms with Crippen molar-refractivity contribution >= 4 is 23.2 Å². The quantitative estimate of drug-likeness (QED) is 0.899. The third kappa shape index (κ3) is 4.21. The van der Waals surface area contributed by atoms with Crippen molar-refractivity contribution in [2.75, 3.05) is 18.9 Å². The molecule has 0 bridgehead atoms. The van der Waals surface area contributed by atoms with E-state index in [-0.39, 0.29) is 24.3 Å². The summed E-state index contributed by atoms with van der Waals surface area (Å²) in [7, 11) is 1.74. The maximum Gasteiger partial charge on any atom is 0.242 e. The fraction of sp³-hybridized carbons (Fsp3) is 0.235. The Morgan fingerprint density at radius 3 is 2.36 bits per heavy atom. The second-order valence-electron chi connectivity index (χ2n) is 5.09. The summed E-state index contributed by atoms with van der Waals surface area (Å²) in [5.74, 6) is -0.332. The minimum absolute atomic E-state index is 0.0493. The molecule has 1 atom stereocenters. The van der Waals surface area contributed by atoms with Crippen molar-refractivity contribution in [2.45, 2.75) is 13.0 Å². The zero-order valence-electron chi connectivity index (χ0n) is 12.5. The van der Waals surface area contributed by atoms with Crippen LogP contribution in [0.4, 0.5) is 10.1 Å². The molecule has 0 fully saturated rings. The predicted octanol–water partition coefficient (Wildman–Crippen LogP) is 4.11. The number of rotatable bonds is 5. The fourth-order valence-corrected chi connectivity index (χ4v) is 2.18. The summed E-state index contributed by atoms with van der Waals surface area (Å²) < 4.78 is 12.9. The Morgan fingerprint density at radius 2 is 1.77 bits per heavy atom. The summed E-state index contributed by atoms with van der Waals surface area (Å²) in [5.41, 5.74) is 1.73. The molecule has 1 N–H and O–H groups in total. The van der Waals surface area contributed by atoms with Crippen LogP contribution in [0.5, 0.6) is 0 Å². The Bertz CT molecular complexity index is 628. The van der Waals surface area contributed by atoms with Gasteiger partial charge in [0.1, 0.15) is 5.82 Å². The van der Waals surface area contributed by atoms with Crippen LogP contribution in [0.1, 0.15) is 18.5 Å². The lowest BCUT2D eigenvalue weighted by molar-refractivity contribution is -0.129. The van der Waals surface area contributed by atoms with Gasteiger partial charge in [-0.2, -0.15) is 0 Å². The van der Waals surface area contributed by atoms with Crippen molar-refractivity contribution in [3.8, 4) is 0 Å². The third-order valence-corrected chi connectivity index (χ3v) is 3.87. The Balaban J connectivity index is 1.93. The fourth-order valence-electron chi connectivity index (χ4n) is 2.05. The highest BCUT2D eigenvalue weighted by Crippen LogP contribution is 2.19. The molecule has 0 saturated carbocycles. The molecule has 2 aromatic rings. The zero-order valence-corrected chi connectivity index (χ0v) is 13.3. The van der Waals surface area contributed by atoms with E-state index in [2.05, 4.69) is 5.32 Å². The van der Waals surface area contributed by atoms with Crippen molar-refractivity contribution in [1.82, 2.24) is 4.90 Å². The van der Waals surface area contributed by atoms with Gasteiger partial charge in [0.15, 0.2) is 0 Å². The van der Waals surface area contributed by atoms with Crippen LogP contribution in [0.2, 0.25) is 5.02 Å². The van der Waals surface area contributed by atoms with E-state index in [1.54, 1.807) is 36.2 Å². The molecule has 22 heavy (non-hydrogen) atoms. The molecular formula is C17H18ClFN2O. The number of carbonyl (C=O) groups excluding carboxylic acids is 1. The first-order chi connectivity index (χ1) is 10.5. The van der Waals surface area contributed by atoms with E-state index >= 15 is 0 Å². The van der Waals surface area contributed by atoms with E-state index in [1.807, 2.05) is 19.1 Å². The largest absolute Gasteiger partial charge is 0.376 e. The molecule has 2 aromatic carbocycles. The van der Waals surface area contributed by atoms with Gasteiger partial charge in [-0.3, -0.25) is 4.79 Å². The van der Waals surface area contributed by atoms with Crippen molar-refractivity contribution in [2.24, 2.45) is 0 Å². The van der Waals surface area contributed by atoms with Crippen molar-refractivity contribution in [3.63, 3.8) is 0 Å². The molecule has 0 aromatic heterocycles. The highest BCUT2D eigenvalue weighted by atomic mass is 35.5. The minimum Gasteiger partial charge on any atom is -0.376 e. The Kier molecular flexibility index (Phi) is 5.39. The number of nitrogens with one attached hydrogen (secondary N) is 1. The number of likely N-dealkylation sites (N-methyl/N-ethyl adjacent to an activating group) is 1. The van der Waals surface area contributed by atoms with Crippen LogP contribution in [0.25, 0.3) is 0 Å². The third-order valence-electron chi connectivity index (χ3n) is 3.61. The zero-order chi connectivity index (χ0) is 16.1. The predicted molar refractivity (Wildman–Crippen MR) is 87.5 cm³/mol. The van der Waals surface area contributed by atoms with Crippen LogP contribution < -0.4 is 5.32 Å². The van der Waals surface area contributed by atoms with Crippen LogP contribution >= 0.6 is 11.6 Å². The van der Waals surface area contributed by atoms with E-state index in [4.69, 9.17) is 11.6 Å². The van der Waals surface area contributed by atoms with Gasteiger partial charge in [0.25, 0.3) is 0 Å². The molecule has 0 aliphatic rings. The van der Waals surface area contributed by atoms with Gasteiger partial charge in [-0.15, -0.1) is 0 Å². The van der Waals surface area contributed by atoms with Gasteiger partial charge in [-0.05, 0) is 48.9 Å². The van der Waals surface area contributed by atoms with Gasteiger partial charge >= 0.3 is 0 Å². The average Bonchev–Trinajstić information content (AvgIpc) is 2.53. The monoisotopic (exact) mass is 320 g/mol. The molecule has 1 unspecified atom stereocenters. The smallest absolute Gasteiger partial charge is 0.242 e. The van der Waals surface area contributed by atoms with Gasteiger partial charge in [-0.25, -0.2) is 4.39 Å². The first-order valence-corrected chi connectivity index (χ1v) is 7.35. The Hall–Kier alpha value is -2.07. The molecule has 0 heterocycles. The average molecular weight is 321 g/mol. The van der Waals surface area contributed by atoms with Gasteiger partial charge in [0.2, 0.25) is 5.91 Å². The van der Waals surface area contributed by atoms with Crippen LogP contribution in [0, 0.1) is 5.82 Å². The number of nitrogens with zero attached hydrogens (tertiary/aromatic N) is 1. The molecule has 5 heteroatoms. The Labute approximate surface area is 134 Å². The van der Waals surface area contributed by atoms with Gasteiger partial charge in [0, 0.05) is 17.8 Å². The number of anilines is 1. The van der Waals surface area contributed by atoms with Crippen LogP contribution in [0.15, 0.2) is 48.5 Å². The second-order valence-corrected chi connectivity index (χ2v) is 5.53. The SMILES string of the molecule is CC(c1ccc(F)cc1)N(C)C(=O)CNc1ccc(Cl)cc1. The van der Waals surface area contributed by atoms with Gasteiger partial charge in [0.05, 0.1) is 12.6 Å². The van der Waals surface area contributed by atoms with Crippen LogP contribution in [-0.2, 0) is 4.79 Å². The molecule has 116 valence electrons. The summed E-state index contributed by atoms with van der Waals surface area (Å²) in [6.45, 7) is 2.09. The van der Waals surface area contributed by atoms with E-state index in [0.717, 1.165) is 11.3 Å². The van der Waals surface area contributed by atoms with Crippen LogP contribution in [0.3, 0.4) is 0 Å². The lowest BCUT2D eigenvalue weighted by Gasteiger charge is -2.25.